The van der Waals surface area contributed by atoms with Gasteiger partial charge in [-0.15, -0.1) is 10.2 Å². The lowest BCUT2D eigenvalue weighted by Gasteiger charge is -2.10. The minimum absolute atomic E-state index is 0.652. The average molecular weight is 288 g/mol. The Labute approximate surface area is 124 Å². The van der Waals surface area contributed by atoms with E-state index in [1.807, 2.05) is 30.3 Å². The predicted molar refractivity (Wildman–Crippen MR) is 82.7 cm³/mol. The van der Waals surface area contributed by atoms with E-state index in [9.17, 15) is 0 Å². The number of anilines is 1. The van der Waals surface area contributed by atoms with Crippen LogP contribution < -0.4 is 20.5 Å². The quantitative estimate of drug-likeness (QED) is 0.757. The van der Waals surface area contributed by atoms with Gasteiger partial charge >= 0.3 is 0 Å². The second-order valence-electron chi connectivity index (χ2n) is 4.44. The van der Waals surface area contributed by atoms with E-state index in [0.29, 0.717) is 6.54 Å². The highest BCUT2D eigenvalue weighted by Crippen LogP contribution is 2.32. The topological polar surface area (TPSA) is 82.3 Å². The van der Waals surface area contributed by atoms with Crippen LogP contribution in [-0.2, 0) is 0 Å². The van der Waals surface area contributed by atoms with Gasteiger partial charge < -0.3 is 20.5 Å². The molecule has 0 radical (unpaired) electrons. The zero-order valence-electron chi connectivity index (χ0n) is 12.3. The Kier molecular flexibility index (Phi) is 5.34. The molecule has 21 heavy (non-hydrogen) atoms. The van der Waals surface area contributed by atoms with Gasteiger partial charge in [-0.25, -0.2) is 0 Å². The fourth-order valence-electron chi connectivity index (χ4n) is 1.90. The van der Waals surface area contributed by atoms with E-state index in [1.54, 1.807) is 14.2 Å². The monoisotopic (exact) mass is 288 g/mol. The summed E-state index contributed by atoms with van der Waals surface area (Å²) >= 11 is 0. The molecule has 0 unspecified atom stereocenters. The molecule has 0 amide bonds. The summed E-state index contributed by atoms with van der Waals surface area (Å²) in [4.78, 5) is 0. The van der Waals surface area contributed by atoms with Crippen molar-refractivity contribution in [2.75, 3.05) is 32.6 Å². The van der Waals surface area contributed by atoms with Crippen molar-refractivity contribution in [3.8, 4) is 22.8 Å². The molecule has 0 aliphatic heterocycles. The van der Waals surface area contributed by atoms with Crippen LogP contribution in [-0.4, -0.2) is 37.5 Å². The first kappa shape index (κ1) is 15.1. The molecule has 112 valence electrons. The number of nitrogens with one attached hydrogen (secondary N) is 1. The molecule has 0 bridgehead atoms. The summed E-state index contributed by atoms with van der Waals surface area (Å²) in [5, 5.41) is 11.6. The van der Waals surface area contributed by atoms with Crippen molar-refractivity contribution < 1.29 is 9.47 Å². The normalized spacial score (nSPS) is 10.2. The number of hydrogen-bond acceptors (Lipinski definition) is 6. The third-order valence-electron chi connectivity index (χ3n) is 3.03. The van der Waals surface area contributed by atoms with Crippen LogP contribution >= 0.6 is 0 Å². The molecule has 0 saturated carbocycles. The SMILES string of the molecule is COc1ccc(OC)c(-c2ccc(NCCCN)nn2)c1. The van der Waals surface area contributed by atoms with Crippen LogP contribution in [0.2, 0.25) is 0 Å². The van der Waals surface area contributed by atoms with Crippen LogP contribution in [0.4, 0.5) is 5.82 Å². The first-order chi connectivity index (χ1) is 10.3. The highest BCUT2D eigenvalue weighted by atomic mass is 16.5. The van der Waals surface area contributed by atoms with Gasteiger partial charge in [0.1, 0.15) is 17.3 Å². The molecule has 2 rings (SSSR count). The van der Waals surface area contributed by atoms with Gasteiger partial charge in [0.2, 0.25) is 0 Å². The maximum atomic E-state index is 5.45. The summed E-state index contributed by atoms with van der Waals surface area (Å²) in [6.07, 6.45) is 0.896. The molecular formula is C15H20N4O2. The standard InChI is InChI=1S/C15H20N4O2/c1-20-11-4-6-14(21-2)12(10-11)13-5-7-15(19-18-13)17-9-3-8-16/h4-7,10H,3,8-9,16H2,1-2H3,(H,17,19). The zero-order chi connectivity index (χ0) is 15.1. The Balaban J connectivity index is 2.21. The molecule has 0 atom stereocenters. The largest absolute Gasteiger partial charge is 0.497 e. The molecular weight excluding hydrogens is 268 g/mol. The summed E-state index contributed by atoms with van der Waals surface area (Å²) in [5.41, 5.74) is 7.03. The number of hydrogen-bond donors (Lipinski definition) is 2. The van der Waals surface area contributed by atoms with E-state index in [2.05, 4.69) is 15.5 Å². The van der Waals surface area contributed by atoms with Crippen LogP contribution in [0.5, 0.6) is 11.5 Å². The first-order valence-corrected chi connectivity index (χ1v) is 6.78. The van der Waals surface area contributed by atoms with E-state index in [1.165, 1.54) is 0 Å². The van der Waals surface area contributed by atoms with Gasteiger partial charge in [-0.1, -0.05) is 0 Å². The Bertz CT molecular complexity index is 572. The van der Waals surface area contributed by atoms with Crippen LogP contribution in [0.25, 0.3) is 11.3 Å². The summed E-state index contributed by atoms with van der Waals surface area (Å²) in [5.74, 6) is 2.21. The Morgan fingerprint density at radius 3 is 2.57 bits per heavy atom. The third kappa shape index (κ3) is 3.82. The van der Waals surface area contributed by atoms with Crippen molar-refractivity contribution in [1.82, 2.24) is 10.2 Å². The molecule has 2 aromatic rings. The molecule has 3 N–H and O–H groups in total. The zero-order valence-corrected chi connectivity index (χ0v) is 12.3. The van der Waals surface area contributed by atoms with Gasteiger partial charge in [0.25, 0.3) is 0 Å². The number of nitrogens with two attached hydrogens (primary N) is 1. The second-order valence-corrected chi connectivity index (χ2v) is 4.44. The molecule has 0 aliphatic carbocycles. The maximum absolute atomic E-state index is 5.45. The highest BCUT2D eigenvalue weighted by molar-refractivity contribution is 5.69. The van der Waals surface area contributed by atoms with Crippen molar-refractivity contribution in [1.29, 1.82) is 0 Å². The van der Waals surface area contributed by atoms with Gasteiger partial charge in [0, 0.05) is 12.1 Å². The smallest absolute Gasteiger partial charge is 0.148 e. The molecule has 1 aromatic carbocycles. The van der Waals surface area contributed by atoms with Crippen molar-refractivity contribution in [3.63, 3.8) is 0 Å². The van der Waals surface area contributed by atoms with Crippen LogP contribution in [0.1, 0.15) is 6.42 Å². The highest BCUT2D eigenvalue weighted by Gasteiger charge is 2.09. The number of methoxy groups -OCH3 is 2. The Morgan fingerprint density at radius 1 is 1.10 bits per heavy atom. The van der Waals surface area contributed by atoms with Gasteiger partial charge in [0.05, 0.1) is 19.9 Å². The number of benzene rings is 1. The molecule has 0 fully saturated rings. The van der Waals surface area contributed by atoms with E-state index in [4.69, 9.17) is 15.2 Å². The van der Waals surface area contributed by atoms with Crippen molar-refractivity contribution in [3.05, 3.63) is 30.3 Å². The number of nitrogens with zero attached hydrogens (tertiary/aromatic N) is 2. The van der Waals surface area contributed by atoms with Gasteiger partial charge in [-0.2, -0.15) is 0 Å². The fraction of sp³-hybridized carbons (Fsp3) is 0.333. The average Bonchev–Trinajstić information content (AvgIpc) is 2.55. The van der Waals surface area contributed by atoms with E-state index >= 15 is 0 Å². The molecule has 0 saturated heterocycles. The molecule has 6 heteroatoms. The third-order valence-corrected chi connectivity index (χ3v) is 3.03. The fourth-order valence-corrected chi connectivity index (χ4v) is 1.90. The predicted octanol–water partition coefficient (Wildman–Crippen LogP) is 1.92. The summed E-state index contributed by atoms with van der Waals surface area (Å²) < 4.78 is 10.6. The Hall–Kier alpha value is -2.34. The summed E-state index contributed by atoms with van der Waals surface area (Å²) in [6, 6.07) is 9.36. The van der Waals surface area contributed by atoms with Crippen molar-refractivity contribution in [2.45, 2.75) is 6.42 Å². The lowest BCUT2D eigenvalue weighted by atomic mass is 10.1. The first-order valence-electron chi connectivity index (χ1n) is 6.78. The lowest BCUT2D eigenvalue weighted by Crippen LogP contribution is -2.09. The van der Waals surface area contributed by atoms with E-state index in [-0.39, 0.29) is 0 Å². The lowest BCUT2D eigenvalue weighted by molar-refractivity contribution is 0.404. The Morgan fingerprint density at radius 2 is 1.95 bits per heavy atom. The number of aromatic nitrogens is 2. The summed E-state index contributed by atoms with van der Waals surface area (Å²) in [7, 11) is 3.25. The number of rotatable bonds is 7. The van der Waals surface area contributed by atoms with Gasteiger partial charge in [-0.3, -0.25) is 0 Å². The maximum Gasteiger partial charge on any atom is 0.148 e. The van der Waals surface area contributed by atoms with Gasteiger partial charge in [-0.05, 0) is 43.3 Å². The number of ether oxygens (including phenoxy) is 2. The minimum atomic E-state index is 0.652. The summed E-state index contributed by atoms with van der Waals surface area (Å²) in [6.45, 7) is 1.44. The van der Waals surface area contributed by atoms with Crippen molar-refractivity contribution in [2.24, 2.45) is 5.73 Å². The second kappa shape index (κ2) is 7.44. The van der Waals surface area contributed by atoms with Crippen LogP contribution in [0.3, 0.4) is 0 Å². The van der Waals surface area contributed by atoms with Crippen molar-refractivity contribution >= 4 is 5.82 Å². The van der Waals surface area contributed by atoms with E-state index < -0.39 is 0 Å². The van der Waals surface area contributed by atoms with Crippen LogP contribution in [0.15, 0.2) is 30.3 Å². The molecule has 6 nitrogen and oxygen atoms in total. The molecule has 1 aromatic heterocycles. The van der Waals surface area contributed by atoms with E-state index in [0.717, 1.165) is 41.5 Å². The van der Waals surface area contributed by atoms with Gasteiger partial charge in [0.15, 0.2) is 0 Å². The molecule has 0 aliphatic rings. The molecule has 1 heterocycles. The van der Waals surface area contributed by atoms with Crippen LogP contribution in [0, 0.1) is 0 Å². The molecule has 0 spiro atoms. The minimum Gasteiger partial charge on any atom is -0.497 e.